The minimum absolute atomic E-state index is 0.0660. The summed E-state index contributed by atoms with van der Waals surface area (Å²) < 4.78 is 39.9. The Morgan fingerprint density at radius 2 is 2.00 bits per heavy atom. The van der Waals surface area contributed by atoms with Gasteiger partial charge in [0.25, 0.3) is 0 Å². The van der Waals surface area contributed by atoms with Gasteiger partial charge in [-0.05, 0) is 36.5 Å². The van der Waals surface area contributed by atoms with Crippen molar-refractivity contribution >= 4 is 0 Å². The average molecular weight is 201 g/mol. The minimum atomic E-state index is -4.60. The molecule has 0 aliphatic heterocycles. The van der Waals surface area contributed by atoms with Gasteiger partial charge in [-0.1, -0.05) is 12.1 Å². The zero-order valence-corrected chi connectivity index (χ0v) is 7.27. The van der Waals surface area contributed by atoms with Crippen molar-refractivity contribution in [3.8, 4) is 5.75 Å². The van der Waals surface area contributed by atoms with Gasteiger partial charge in [0.2, 0.25) is 0 Å². The van der Waals surface area contributed by atoms with Gasteiger partial charge in [0.1, 0.15) is 5.75 Å². The van der Waals surface area contributed by atoms with Crippen LogP contribution in [0.5, 0.6) is 5.75 Å². The number of hydrogen-bond donors (Lipinski definition) is 0. The number of benzene rings is 1. The number of alkyl halides is 3. The van der Waals surface area contributed by atoms with Crippen LogP contribution in [0.1, 0.15) is 17.5 Å². The molecule has 1 aromatic carbocycles. The highest BCUT2D eigenvalue weighted by molar-refractivity contribution is 5.47. The quantitative estimate of drug-likeness (QED) is 0.678. The lowest BCUT2D eigenvalue weighted by atomic mass is 10.1. The Morgan fingerprint density at radius 1 is 1.21 bits per heavy atom. The van der Waals surface area contributed by atoms with Gasteiger partial charge in [0.15, 0.2) is 0 Å². The first-order valence-corrected chi connectivity index (χ1v) is 4.27. The van der Waals surface area contributed by atoms with Gasteiger partial charge in [-0.25, -0.2) is 0 Å². The van der Waals surface area contributed by atoms with E-state index in [2.05, 4.69) is 4.74 Å². The predicted molar refractivity (Wildman–Crippen MR) is 44.8 cm³/mol. The van der Waals surface area contributed by atoms with E-state index in [1.165, 1.54) is 6.07 Å². The maximum Gasteiger partial charge on any atom is 0.573 e. The Kier molecular flexibility index (Phi) is 2.13. The molecule has 14 heavy (non-hydrogen) atoms. The maximum absolute atomic E-state index is 12.0. The molecule has 0 unspecified atom stereocenters. The molecule has 0 spiro atoms. The minimum Gasteiger partial charge on any atom is -0.405 e. The molecular weight excluding hydrogens is 193 g/mol. The van der Waals surface area contributed by atoms with E-state index < -0.39 is 6.36 Å². The van der Waals surface area contributed by atoms with Crippen LogP contribution in [-0.2, 0) is 6.42 Å². The van der Waals surface area contributed by atoms with Crippen LogP contribution in [0.15, 0.2) is 18.2 Å². The second-order valence-electron chi connectivity index (χ2n) is 3.11. The molecule has 0 saturated heterocycles. The lowest BCUT2D eigenvalue weighted by Gasteiger charge is -2.12. The van der Waals surface area contributed by atoms with E-state index in [0.717, 1.165) is 12.0 Å². The zero-order valence-electron chi connectivity index (χ0n) is 7.27. The van der Waals surface area contributed by atoms with Gasteiger partial charge >= 0.3 is 6.36 Å². The van der Waals surface area contributed by atoms with Gasteiger partial charge in [-0.2, -0.15) is 0 Å². The lowest BCUT2D eigenvalue weighted by molar-refractivity contribution is -0.274. The molecular formula is C10H8F3O. The second-order valence-corrected chi connectivity index (χ2v) is 3.11. The Hall–Kier alpha value is -1.19. The number of rotatable bonds is 1. The van der Waals surface area contributed by atoms with Crippen molar-refractivity contribution in [3.05, 3.63) is 35.7 Å². The van der Waals surface area contributed by atoms with Crippen molar-refractivity contribution < 1.29 is 17.9 Å². The maximum atomic E-state index is 12.0. The van der Waals surface area contributed by atoms with Crippen LogP contribution >= 0.6 is 0 Å². The lowest BCUT2D eigenvalue weighted by Crippen LogP contribution is -2.18. The van der Waals surface area contributed by atoms with E-state index in [-0.39, 0.29) is 5.75 Å². The Morgan fingerprint density at radius 3 is 2.71 bits per heavy atom. The summed E-state index contributed by atoms with van der Waals surface area (Å²) in [5.74, 6) is -0.0660. The van der Waals surface area contributed by atoms with E-state index in [1.807, 2.05) is 6.42 Å². The van der Waals surface area contributed by atoms with Crippen LogP contribution in [0.25, 0.3) is 0 Å². The number of hydrogen-bond acceptors (Lipinski definition) is 1. The normalized spacial score (nSPS) is 15.4. The van der Waals surface area contributed by atoms with Gasteiger partial charge in [0.05, 0.1) is 0 Å². The first-order valence-electron chi connectivity index (χ1n) is 4.27. The Labute approximate surface area is 79.5 Å². The predicted octanol–water partition coefficient (Wildman–Crippen LogP) is 3.08. The van der Waals surface area contributed by atoms with Gasteiger partial charge in [-0.3, -0.25) is 0 Å². The third-order valence-corrected chi connectivity index (χ3v) is 2.15. The molecule has 1 radical (unpaired) electrons. The first-order chi connectivity index (χ1) is 6.56. The van der Waals surface area contributed by atoms with Crippen molar-refractivity contribution in [2.75, 3.05) is 0 Å². The second kappa shape index (κ2) is 3.19. The largest absolute Gasteiger partial charge is 0.573 e. The highest BCUT2D eigenvalue weighted by atomic mass is 19.4. The molecule has 1 aromatic rings. The standard InChI is InChI=1S/C10H8F3O/c11-10(12,13)14-9-6-2-4-7-3-1-5-8(7)9/h2-4,6H,1,5H2. The summed E-state index contributed by atoms with van der Waals surface area (Å²) >= 11 is 0. The fourth-order valence-electron chi connectivity index (χ4n) is 1.63. The van der Waals surface area contributed by atoms with E-state index in [1.54, 1.807) is 12.1 Å². The van der Waals surface area contributed by atoms with E-state index in [4.69, 9.17) is 0 Å². The monoisotopic (exact) mass is 201 g/mol. The van der Waals surface area contributed by atoms with Gasteiger partial charge < -0.3 is 4.74 Å². The van der Waals surface area contributed by atoms with Crippen LogP contribution in [0.4, 0.5) is 13.2 Å². The topological polar surface area (TPSA) is 9.23 Å². The summed E-state index contributed by atoms with van der Waals surface area (Å²) in [5.41, 5.74) is 1.51. The van der Waals surface area contributed by atoms with Crippen LogP contribution < -0.4 is 4.74 Å². The molecule has 0 atom stereocenters. The number of halogens is 3. The molecule has 1 aliphatic carbocycles. The molecule has 4 heteroatoms. The van der Waals surface area contributed by atoms with Gasteiger partial charge in [-0.15, -0.1) is 13.2 Å². The highest BCUT2D eigenvalue weighted by Crippen LogP contribution is 2.34. The molecule has 0 amide bonds. The fourth-order valence-corrected chi connectivity index (χ4v) is 1.63. The fraction of sp³-hybridized carbons (Fsp3) is 0.300. The van der Waals surface area contributed by atoms with Crippen molar-refractivity contribution in [3.63, 3.8) is 0 Å². The van der Waals surface area contributed by atoms with E-state index in [0.29, 0.717) is 12.0 Å². The Balaban J connectivity index is 2.31. The third-order valence-electron chi connectivity index (χ3n) is 2.15. The number of fused-ring (bicyclic) bond motifs is 1. The summed E-state index contributed by atoms with van der Waals surface area (Å²) in [4.78, 5) is 0. The van der Waals surface area contributed by atoms with Crippen molar-refractivity contribution in [2.24, 2.45) is 0 Å². The molecule has 0 fully saturated rings. The molecule has 1 aliphatic rings. The Bertz CT molecular complexity index is 344. The van der Waals surface area contributed by atoms with Gasteiger partial charge in [0, 0.05) is 0 Å². The highest BCUT2D eigenvalue weighted by Gasteiger charge is 2.32. The summed E-state index contributed by atoms with van der Waals surface area (Å²) in [7, 11) is 0. The van der Waals surface area contributed by atoms with Crippen LogP contribution in [0.3, 0.4) is 0 Å². The smallest absolute Gasteiger partial charge is 0.405 e. The van der Waals surface area contributed by atoms with Crippen molar-refractivity contribution in [1.29, 1.82) is 0 Å². The summed E-state index contributed by atoms with van der Waals surface area (Å²) in [6.07, 6.45) is -1.27. The molecule has 0 bridgehead atoms. The molecule has 2 rings (SSSR count). The SMILES string of the molecule is FC(F)(F)Oc1cccc2c1CC[CH]2. The van der Waals surface area contributed by atoms with Crippen molar-refractivity contribution in [1.82, 2.24) is 0 Å². The molecule has 1 nitrogen and oxygen atoms in total. The molecule has 0 aromatic heterocycles. The number of ether oxygens (including phenoxy) is 1. The third kappa shape index (κ3) is 1.84. The first kappa shape index (κ1) is 9.37. The van der Waals surface area contributed by atoms with Crippen molar-refractivity contribution in [2.45, 2.75) is 19.2 Å². The molecule has 0 saturated carbocycles. The zero-order chi connectivity index (χ0) is 10.2. The average Bonchev–Trinajstić information content (AvgIpc) is 2.49. The summed E-state index contributed by atoms with van der Waals surface area (Å²) in [6, 6.07) is 4.72. The van der Waals surface area contributed by atoms with E-state index >= 15 is 0 Å². The molecule has 0 heterocycles. The van der Waals surface area contributed by atoms with Crippen LogP contribution in [0, 0.1) is 6.42 Å². The van der Waals surface area contributed by atoms with E-state index in [9.17, 15) is 13.2 Å². The summed E-state index contributed by atoms with van der Waals surface area (Å²) in [6.45, 7) is 0. The molecule has 0 N–H and O–H groups in total. The van der Waals surface area contributed by atoms with Crippen LogP contribution in [0.2, 0.25) is 0 Å². The summed E-state index contributed by atoms with van der Waals surface area (Å²) in [5, 5.41) is 0. The van der Waals surface area contributed by atoms with Crippen LogP contribution in [-0.4, -0.2) is 6.36 Å². The molecule has 75 valence electrons.